The minimum atomic E-state index is -0.930. The van der Waals surface area contributed by atoms with Crippen molar-refractivity contribution in [3.05, 3.63) is 524 Å². The van der Waals surface area contributed by atoms with Gasteiger partial charge in [-0.2, -0.15) is 0 Å². The van der Waals surface area contributed by atoms with Crippen molar-refractivity contribution in [3.63, 3.8) is 0 Å². The lowest BCUT2D eigenvalue weighted by atomic mass is 9.52. The van der Waals surface area contributed by atoms with E-state index in [0.717, 1.165) is 82.4 Å². The minimum absolute atomic E-state index is 0.0103. The van der Waals surface area contributed by atoms with Gasteiger partial charge in [-0.05, 0) is 126 Å². The molecule has 5 fully saturated rings. The van der Waals surface area contributed by atoms with E-state index in [-0.39, 0.29) is 80.5 Å². The summed E-state index contributed by atoms with van der Waals surface area (Å²) in [7, 11) is 0. The average Bonchev–Trinajstić information content (AvgIpc) is 1.57. The van der Waals surface area contributed by atoms with Crippen molar-refractivity contribution in [1.29, 1.82) is 0 Å². The molecule has 0 unspecified atom stereocenters. The Bertz CT molecular complexity index is 6640. The van der Waals surface area contributed by atoms with Gasteiger partial charge in [0.1, 0.15) is 32.2 Å². The van der Waals surface area contributed by atoms with Crippen molar-refractivity contribution in [2.45, 2.75) is 91.8 Å². The van der Waals surface area contributed by atoms with Gasteiger partial charge in [0.15, 0.2) is 0 Å². The molecular formula is C127H110BrFO20. The van der Waals surface area contributed by atoms with Crippen LogP contribution in [0.15, 0.2) is 435 Å². The molecule has 0 amide bonds. The Morgan fingerprint density at radius 1 is 0.221 bits per heavy atom. The molecule has 15 aromatic rings. The number of esters is 5. The molecule has 5 N–H and O–H groups in total. The molecule has 5 saturated carbocycles. The Morgan fingerprint density at radius 2 is 0.403 bits per heavy atom. The number of hydrogen-bond donors (Lipinski definition) is 5. The Balaban J connectivity index is 0.000000128. The van der Waals surface area contributed by atoms with Crippen LogP contribution in [0.4, 0.5) is 4.39 Å². The summed E-state index contributed by atoms with van der Waals surface area (Å²) < 4.78 is 42.2. The number of hydrogen-bond acceptors (Lipinski definition) is 15. The second-order valence-electron chi connectivity index (χ2n) is 38.0. The van der Waals surface area contributed by atoms with Crippen LogP contribution in [-0.4, -0.2) is 98.4 Å². The topological polar surface area (TPSA) is 318 Å². The lowest BCUT2D eigenvalue weighted by molar-refractivity contribution is -0.166. The fourth-order valence-electron chi connectivity index (χ4n) is 23.1. The molecule has 149 heavy (non-hydrogen) atoms. The Morgan fingerprint density at radius 3 is 0.617 bits per heavy atom. The number of ether oxygens (including phenoxy) is 5. The highest BCUT2D eigenvalue weighted by Gasteiger charge is 2.64. The van der Waals surface area contributed by atoms with Crippen LogP contribution < -0.4 is 0 Å². The minimum Gasteiger partial charge on any atom is -0.481 e. The fraction of sp³-hybridized carbons (Fsp3) is 0.213. The van der Waals surface area contributed by atoms with Crippen LogP contribution >= 0.6 is 15.9 Å². The van der Waals surface area contributed by atoms with Crippen molar-refractivity contribution < 1.29 is 102 Å². The fourth-order valence-corrected chi connectivity index (χ4v) is 23.3. The van der Waals surface area contributed by atoms with Gasteiger partial charge in [-0.3, -0.25) is 47.9 Å². The molecule has 0 saturated heterocycles. The summed E-state index contributed by atoms with van der Waals surface area (Å²) in [5.41, 5.74) is 15.6. The maximum Gasteiger partial charge on any atom is 0.310 e. The molecule has 15 aromatic carbocycles. The van der Waals surface area contributed by atoms with E-state index in [4.69, 9.17) is 23.7 Å². The molecule has 22 heteroatoms. The number of carboxylic acids is 5. The van der Waals surface area contributed by atoms with Crippen LogP contribution in [0.5, 0.6) is 0 Å². The molecule has 0 bridgehead atoms. The van der Waals surface area contributed by atoms with Crippen LogP contribution in [0, 0.1) is 65.0 Å². The Kier molecular flexibility index (Phi) is 33.9. The normalized spacial score (nSPS) is 23.1. The quantitative estimate of drug-likeness (QED) is 0.0215. The number of fused-ring (bicyclic) bond motifs is 3. The predicted molar refractivity (Wildman–Crippen MR) is 563 cm³/mol. The zero-order valence-electron chi connectivity index (χ0n) is 81.3. The highest BCUT2D eigenvalue weighted by atomic mass is 79.9. The van der Waals surface area contributed by atoms with E-state index in [1.165, 1.54) is 23.3 Å². The lowest BCUT2D eigenvalue weighted by Crippen LogP contribution is -2.51. The van der Waals surface area contributed by atoms with Crippen molar-refractivity contribution >= 4 is 75.6 Å². The summed E-state index contributed by atoms with van der Waals surface area (Å²) in [6.45, 7) is 2.62. The maximum atomic E-state index is 13.7. The summed E-state index contributed by atoms with van der Waals surface area (Å²) in [6, 6.07) is 133. The summed E-state index contributed by atoms with van der Waals surface area (Å²) >= 11 is 3.39. The van der Waals surface area contributed by atoms with Crippen LogP contribution in [0.2, 0.25) is 0 Å². The number of carboxylic acid groups (broad SMARTS) is 5. The molecular weight excluding hydrogens is 1940 g/mol. The molecule has 0 radical (unpaired) electrons. The maximum absolute atomic E-state index is 13.7. The first-order chi connectivity index (χ1) is 72.6. The molecule has 0 aliphatic heterocycles. The van der Waals surface area contributed by atoms with Gasteiger partial charge in [0, 0.05) is 69.6 Å². The number of carbonyl (C=O) groups is 10. The third kappa shape index (κ3) is 23.1. The van der Waals surface area contributed by atoms with Crippen molar-refractivity contribution in [1.82, 2.24) is 0 Å². The van der Waals surface area contributed by atoms with Crippen LogP contribution in [0.25, 0.3) is 11.1 Å². The van der Waals surface area contributed by atoms with E-state index in [1.807, 2.05) is 382 Å². The van der Waals surface area contributed by atoms with Gasteiger partial charge in [0.2, 0.25) is 0 Å². The van der Waals surface area contributed by atoms with Gasteiger partial charge in [-0.1, -0.05) is 422 Å². The lowest BCUT2D eigenvalue weighted by Gasteiger charge is -2.49. The van der Waals surface area contributed by atoms with E-state index in [1.54, 1.807) is 19.1 Å². The third-order valence-corrected chi connectivity index (χ3v) is 30.4. The first-order valence-electron chi connectivity index (χ1n) is 49.8. The van der Waals surface area contributed by atoms with E-state index in [9.17, 15) is 77.9 Å². The molecule has 6 aliphatic carbocycles. The summed E-state index contributed by atoms with van der Waals surface area (Å²) in [4.78, 5) is 126. The van der Waals surface area contributed by atoms with Gasteiger partial charge in [-0.15, -0.1) is 0 Å². The van der Waals surface area contributed by atoms with E-state index < -0.39 is 142 Å². The highest BCUT2D eigenvalue weighted by molar-refractivity contribution is 9.10. The van der Waals surface area contributed by atoms with Crippen LogP contribution in [0.3, 0.4) is 0 Å². The standard InChI is InChI=1S/C32H26O4.C25H21BrO4.C25H21FO4.C25H22O4.C20H20O4/c33-31(34)29-27(20-11-3-1-4-12-20)30(28(29)21-13-5-2-6-14-21)32(35)36-19-26-24-17-9-7-15-22(24)23-16-8-10-18-25(23)26;2*26-19-13-11-16(12-14-19)15-30-25(29)23-20(17-7-3-1-4-8-17)22(24(27)28)21(23)18-9-5-2-6-10-18;26-24(27)22-20(18-12-6-2-7-13-18)23(21(22)19-14-8-3-9-15-19)25(28)29-16-17-10-4-1-5-11-17;1-2-24-20(23)18-15(13-9-5-3-6-10-13)17(19(21)22)16(18)14-11-7-4-8-12-14/h1-18,26-30H,19H2,(H,33,34);2*1-14,20-23H,15H2,(H,27,28);1-15,20-23H,16H2,(H,26,27);3-12,15-18H,2H2,1H3,(H,21,22)/t27-,28-,29?,30?;3*20-,21-,22?,23?;15-,16-,17?,18?/m01111/s1. The molecule has 10 atom stereocenters. The zero-order valence-corrected chi connectivity index (χ0v) is 82.9. The van der Waals surface area contributed by atoms with E-state index >= 15 is 0 Å². The van der Waals surface area contributed by atoms with E-state index in [0.29, 0.717) is 5.56 Å². The highest BCUT2D eigenvalue weighted by Crippen LogP contribution is 2.64. The van der Waals surface area contributed by atoms with Crippen LogP contribution in [-0.2, 0) is 91.5 Å². The van der Waals surface area contributed by atoms with Crippen molar-refractivity contribution in [2.75, 3.05) is 13.2 Å². The van der Waals surface area contributed by atoms with Crippen LogP contribution in [0.1, 0.15) is 155 Å². The molecule has 0 aromatic heterocycles. The third-order valence-electron chi connectivity index (χ3n) is 29.8. The molecule has 20 nitrogen and oxygen atoms in total. The molecule has 0 heterocycles. The first-order valence-corrected chi connectivity index (χ1v) is 50.6. The summed E-state index contributed by atoms with van der Waals surface area (Å²) in [5, 5.41) is 49.8. The first kappa shape index (κ1) is 104. The smallest absolute Gasteiger partial charge is 0.310 e. The van der Waals surface area contributed by atoms with Crippen molar-refractivity contribution in [3.8, 4) is 11.1 Å². The number of halogens is 2. The largest absolute Gasteiger partial charge is 0.481 e. The predicted octanol–water partition coefficient (Wildman–Crippen LogP) is 24.5. The Labute approximate surface area is 871 Å². The summed E-state index contributed by atoms with van der Waals surface area (Å²) in [6.07, 6.45) is 0. The Hall–Kier alpha value is -16.6. The number of benzene rings is 15. The molecule has 6 aliphatic rings. The second-order valence-corrected chi connectivity index (χ2v) is 38.9. The second kappa shape index (κ2) is 48.6. The molecule has 21 rings (SSSR count). The molecule has 752 valence electrons. The van der Waals surface area contributed by atoms with Gasteiger partial charge in [0.25, 0.3) is 0 Å². The monoisotopic (exact) mass is 2050 g/mol. The van der Waals surface area contributed by atoms with E-state index in [2.05, 4.69) is 40.2 Å². The van der Waals surface area contributed by atoms with Gasteiger partial charge in [0.05, 0.1) is 65.8 Å². The zero-order chi connectivity index (χ0) is 104. The number of rotatable bonds is 29. The average molecular weight is 2060 g/mol. The van der Waals surface area contributed by atoms with Crippen molar-refractivity contribution in [2.24, 2.45) is 59.2 Å². The number of carbonyl (C=O) groups excluding carboxylic acids is 5. The molecule has 0 spiro atoms. The van der Waals surface area contributed by atoms with Gasteiger partial charge >= 0.3 is 59.7 Å². The van der Waals surface area contributed by atoms with Gasteiger partial charge in [-0.25, -0.2) is 4.39 Å². The number of aliphatic carboxylic acids is 5. The van der Waals surface area contributed by atoms with Gasteiger partial charge < -0.3 is 49.2 Å². The SMILES string of the molecule is CCOC(=O)C1[C@H](c2ccccc2)C(C(=O)O)[C@H]1c1ccccc1.O=C(O)C1[C@@H](c2ccccc2)C(C(=O)OCc2ccc(Br)cc2)[C@@H]1c1ccccc1.O=C(O)C1[C@@H](c2ccccc2)C(C(=O)OCc2ccc(F)cc2)[C@@H]1c1ccccc1.O=C(O)C1[C@@H](c2ccccc2)C(C(=O)OCc2ccccc2)[C@@H]1c1ccccc1.O=C(O)C1[C@H](c2ccccc2)C(C(=O)OCC2c3ccccc3-c3ccccc32)[C@H]1c1ccccc1. The summed E-state index contributed by atoms with van der Waals surface area (Å²) in [5.74, 6) is -17.1.